The second-order valence-corrected chi connectivity index (χ2v) is 8.99. The molecule has 9 heteroatoms. The quantitative estimate of drug-likeness (QED) is 0.336. The molecule has 0 bridgehead atoms. The van der Waals surface area contributed by atoms with Gasteiger partial charge in [-0.2, -0.15) is 0 Å². The van der Waals surface area contributed by atoms with Gasteiger partial charge in [-0.15, -0.1) is 24.0 Å². The number of halogens is 1. The summed E-state index contributed by atoms with van der Waals surface area (Å²) in [6.45, 7) is 6.95. The number of ether oxygens (including phenoxy) is 1. The maximum atomic E-state index is 12.3. The zero-order valence-electron chi connectivity index (χ0n) is 18.5. The summed E-state index contributed by atoms with van der Waals surface area (Å²) < 4.78 is 5.46. The number of rotatable bonds is 4. The van der Waals surface area contributed by atoms with E-state index in [0.29, 0.717) is 25.1 Å². The van der Waals surface area contributed by atoms with E-state index in [1.807, 2.05) is 20.8 Å². The third kappa shape index (κ3) is 9.39. The molecule has 2 amide bonds. The van der Waals surface area contributed by atoms with Crippen LogP contribution < -0.4 is 10.6 Å². The van der Waals surface area contributed by atoms with Crippen LogP contribution in [-0.4, -0.2) is 79.2 Å². The molecule has 2 aliphatic rings. The molecule has 1 saturated carbocycles. The van der Waals surface area contributed by atoms with Gasteiger partial charge in [0.05, 0.1) is 0 Å². The number of hydrogen-bond acceptors (Lipinski definition) is 4. The Morgan fingerprint density at radius 2 is 1.69 bits per heavy atom. The smallest absolute Gasteiger partial charge is 0.410 e. The van der Waals surface area contributed by atoms with Gasteiger partial charge in [-0.3, -0.25) is 4.79 Å². The number of aliphatic imine (C=N–C) groups is 1. The molecule has 0 radical (unpaired) electrons. The molecule has 8 nitrogen and oxygen atoms in total. The van der Waals surface area contributed by atoms with Gasteiger partial charge in [0, 0.05) is 39.3 Å². The highest BCUT2D eigenvalue weighted by molar-refractivity contribution is 14.0. The van der Waals surface area contributed by atoms with Crippen LogP contribution in [0.25, 0.3) is 0 Å². The van der Waals surface area contributed by atoms with Gasteiger partial charge in [-0.05, 0) is 40.0 Å². The van der Waals surface area contributed by atoms with Crippen molar-refractivity contribution < 1.29 is 14.3 Å². The number of hydrogen-bond donors (Lipinski definition) is 2. The standard InChI is InChI=1S/C20H37N5O3.HI/c1-20(2,3)28-19(27)25-12-11-16(14-25)23-18(21-13-17(26)24(4)5)22-15-9-7-6-8-10-15;/h15-16H,6-14H2,1-5H3,(H2,21,22,23);1H. The van der Waals surface area contributed by atoms with Crippen LogP contribution in [0.4, 0.5) is 4.79 Å². The van der Waals surface area contributed by atoms with Crippen LogP contribution in [0.15, 0.2) is 4.99 Å². The van der Waals surface area contributed by atoms with Crippen molar-refractivity contribution in [1.29, 1.82) is 0 Å². The van der Waals surface area contributed by atoms with E-state index >= 15 is 0 Å². The van der Waals surface area contributed by atoms with Gasteiger partial charge in [0.2, 0.25) is 5.91 Å². The summed E-state index contributed by atoms with van der Waals surface area (Å²) in [5, 5.41) is 6.92. The van der Waals surface area contributed by atoms with Crippen LogP contribution in [-0.2, 0) is 9.53 Å². The van der Waals surface area contributed by atoms with E-state index < -0.39 is 5.60 Å². The summed E-state index contributed by atoms with van der Waals surface area (Å²) in [5.41, 5.74) is -0.496. The van der Waals surface area contributed by atoms with Crippen molar-refractivity contribution in [3.63, 3.8) is 0 Å². The SMILES string of the molecule is CN(C)C(=O)CN=C(NC1CCCCC1)NC1CCN(C(=O)OC(C)(C)C)C1.I. The van der Waals surface area contributed by atoms with Crippen LogP contribution in [0.2, 0.25) is 0 Å². The van der Waals surface area contributed by atoms with Gasteiger partial charge in [0.25, 0.3) is 0 Å². The minimum atomic E-state index is -0.496. The number of guanidine groups is 1. The number of nitrogens with zero attached hydrogens (tertiary/aromatic N) is 3. The Morgan fingerprint density at radius 1 is 1.07 bits per heavy atom. The van der Waals surface area contributed by atoms with Gasteiger partial charge < -0.3 is 25.2 Å². The highest BCUT2D eigenvalue weighted by Crippen LogP contribution is 2.18. The largest absolute Gasteiger partial charge is 0.444 e. The van der Waals surface area contributed by atoms with Crippen molar-refractivity contribution in [3.05, 3.63) is 0 Å². The van der Waals surface area contributed by atoms with Gasteiger partial charge in [0.1, 0.15) is 12.1 Å². The van der Waals surface area contributed by atoms with Gasteiger partial charge >= 0.3 is 6.09 Å². The molecule has 0 aromatic rings. The van der Waals surface area contributed by atoms with Crippen LogP contribution in [0.5, 0.6) is 0 Å². The lowest BCUT2D eigenvalue weighted by Gasteiger charge is -2.27. The molecule has 29 heavy (non-hydrogen) atoms. The highest BCUT2D eigenvalue weighted by atomic mass is 127. The second kappa shape index (κ2) is 11.8. The molecule has 1 heterocycles. The molecule has 1 unspecified atom stereocenters. The van der Waals surface area contributed by atoms with Crippen LogP contribution in [0.3, 0.4) is 0 Å². The zero-order chi connectivity index (χ0) is 20.7. The first-order valence-corrected chi connectivity index (χ1v) is 10.4. The van der Waals surface area contributed by atoms with Crippen LogP contribution in [0, 0.1) is 0 Å². The van der Waals surface area contributed by atoms with Crippen LogP contribution >= 0.6 is 24.0 Å². The van der Waals surface area contributed by atoms with Crippen molar-refractivity contribution in [2.75, 3.05) is 33.7 Å². The lowest BCUT2D eigenvalue weighted by atomic mass is 9.96. The molecule has 2 N–H and O–H groups in total. The predicted octanol–water partition coefficient (Wildman–Crippen LogP) is 2.57. The normalized spacial score (nSPS) is 20.7. The second-order valence-electron chi connectivity index (χ2n) is 8.99. The summed E-state index contributed by atoms with van der Waals surface area (Å²) in [6, 6.07) is 0.481. The maximum absolute atomic E-state index is 12.3. The predicted molar refractivity (Wildman–Crippen MR) is 126 cm³/mol. The van der Waals surface area contributed by atoms with Crippen molar-refractivity contribution in [2.24, 2.45) is 4.99 Å². The maximum Gasteiger partial charge on any atom is 0.410 e. The van der Waals surface area contributed by atoms with Gasteiger partial charge in [-0.1, -0.05) is 19.3 Å². The Hall–Kier alpha value is -1.26. The van der Waals surface area contributed by atoms with Crippen molar-refractivity contribution >= 4 is 41.9 Å². The molecule has 168 valence electrons. The van der Waals surface area contributed by atoms with E-state index in [0.717, 1.165) is 19.3 Å². The van der Waals surface area contributed by atoms with E-state index in [1.165, 1.54) is 19.3 Å². The monoisotopic (exact) mass is 523 g/mol. The van der Waals surface area contributed by atoms with E-state index in [1.54, 1.807) is 23.9 Å². The number of carbonyl (C=O) groups is 2. The Morgan fingerprint density at radius 3 is 2.28 bits per heavy atom. The Balaban J connectivity index is 0.00000420. The average molecular weight is 523 g/mol. The summed E-state index contributed by atoms with van der Waals surface area (Å²) in [7, 11) is 3.46. The number of likely N-dealkylation sites (tertiary alicyclic amines) is 1. The van der Waals surface area contributed by atoms with E-state index in [9.17, 15) is 9.59 Å². The third-order valence-electron chi connectivity index (χ3n) is 5.00. The lowest BCUT2D eigenvalue weighted by molar-refractivity contribution is -0.127. The Kier molecular flexibility index (Phi) is 10.5. The molecular weight excluding hydrogens is 485 g/mol. The fourth-order valence-corrected chi connectivity index (χ4v) is 3.43. The summed E-state index contributed by atoms with van der Waals surface area (Å²) >= 11 is 0. The van der Waals surface area contributed by atoms with Gasteiger partial charge in [0.15, 0.2) is 5.96 Å². The van der Waals surface area contributed by atoms with E-state index in [-0.39, 0.29) is 48.6 Å². The minimum Gasteiger partial charge on any atom is -0.444 e. The number of likely N-dealkylation sites (N-methyl/N-ethyl adjacent to an activating group) is 1. The first kappa shape index (κ1) is 25.8. The molecular formula is C20H38IN5O3. The number of nitrogens with one attached hydrogen (secondary N) is 2. The number of amides is 2. The molecule has 1 saturated heterocycles. The lowest BCUT2D eigenvalue weighted by Crippen LogP contribution is -2.49. The molecule has 2 fully saturated rings. The highest BCUT2D eigenvalue weighted by Gasteiger charge is 2.30. The van der Waals surface area contributed by atoms with Crippen molar-refractivity contribution in [3.8, 4) is 0 Å². The fraction of sp³-hybridized carbons (Fsp3) is 0.850. The summed E-state index contributed by atoms with van der Waals surface area (Å²) in [5.74, 6) is 0.629. The zero-order valence-corrected chi connectivity index (χ0v) is 20.8. The molecule has 2 rings (SSSR count). The molecule has 1 aliphatic carbocycles. The first-order chi connectivity index (χ1) is 13.1. The van der Waals surface area contributed by atoms with Crippen molar-refractivity contribution in [2.45, 2.75) is 77.0 Å². The number of carbonyl (C=O) groups excluding carboxylic acids is 2. The van der Waals surface area contributed by atoms with E-state index in [4.69, 9.17) is 4.74 Å². The fourth-order valence-electron chi connectivity index (χ4n) is 3.43. The summed E-state index contributed by atoms with van der Waals surface area (Å²) in [6.07, 6.45) is 6.51. The Labute approximate surface area is 192 Å². The third-order valence-corrected chi connectivity index (χ3v) is 5.00. The molecule has 1 atom stereocenters. The topological polar surface area (TPSA) is 86.3 Å². The molecule has 1 aliphatic heterocycles. The average Bonchev–Trinajstić information content (AvgIpc) is 3.07. The van der Waals surface area contributed by atoms with Gasteiger partial charge in [-0.25, -0.2) is 9.79 Å². The van der Waals surface area contributed by atoms with Crippen molar-refractivity contribution in [1.82, 2.24) is 20.4 Å². The molecule has 0 spiro atoms. The summed E-state index contributed by atoms with van der Waals surface area (Å²) in [4.78, 5) is 32.0. The van der Waals surface area contributed by atoms with E-state index in [2.05, 4.69) is 15.6 Å². The molecule has 0 aromatic carbocycles. The molecule has 0 aromatic heterocycles. The van der Waals surface area contributed by atoms with Crippen LogP contribution in [0.1, 0.15) is 59.3 Å². The first-order valence-electron chi connectivity index (χ1n) is 10.4. The Bertz CT molecular complexity index is 571. The minimum absolute atomic E-state index is 0.